The van der Waals surface area contributed by atoms with Crippen molar-refractivity contribution in [1.29, 1.82) is 0 Å². The molecule has 0 saturated heterocycles. The van der Waals surface area contributed by atoms with Crippen LogP contribution in [0.15, 0.2) is 24.3 Å². The Bertz CT molecular complexity index is 371. The third-order valence-corrected chi connectivity index (χ3v) is 3.88. The lowest BCUT2D eigenvalue weighted by Crippen LogP contribution is -2.29. The van der Waals surface area contributed by atoms with Crippen LogP contribution in [0, 0.1) is 5.92 Å². The standard InChI is InChI=1S/C17H29NO/c1-7-13(12-19)16(18(5)6)14-8-10-15(11-9-14)17(2,3)4/h8-11,13,16,19H,7,12H2,1-6H3. The van der Waals surface area contributed by atoms with Crippen molar-refractivity contribution in [3.63, 3.8) is 0 Å². The van der Waals surface area contributed by atoms with E-state index in [2.05, 4.69) is 71.0 Å². The highest BCUT2D eigenvalue weighted by molar-refractivity contribution is 5.29. The summed E-state index contributed by atoms with van der Waals surface area (Å²) in [4.78, 5) is 2.20. The third kappa shape index (κ3) is 4.05. The zero-order valence-corrected chi connectivity index (χ0v) is 13.3. The minimum Gasteiger partial charge on any atom is -0.396 e. The van der Waals surface area contributed by atoms with E-state index in [4.69, 9.17) is 0 Å². The number of hydrogen-bond donors (Lipinski definition) is 1. The summed E-state index contributed by atoms with van der Waals surface area (Å²) in [5.74, 6) is 0.287. The second kappa shape index (κ2) is 6.53. The molecule has 2 heteroatoms. The minimum atomic E-state index is 0.188. The van der Waals surface area contributed by atoms with Gasteiger partial charge in [0.1, 0.15) is 0 Å². The van der Waals surface area contributed by atoms with Crippen molar-refractivity contribution in [2.45, 2.75) is 45.6 Å². The summed E-state index contributed by atoms with van der Waals surface area (Å²) >= 11 is 0. The van der Waals surface area contributed by atoms with Crippen LogP contribution in [0.1, 0.15) is 51.3 Å². The normalized spacial score (nSPS) is 15.6. The number of rotatable bonds is 5. The van der Waals surface area contributed by atoms with E-state index in [1.807, 2.05) is 0 Å². The molecule has 1 aromatic carbocycles. The quantitative estimate of drug-likeness (QED) is 0.877. The molecule has 0 amide bonds. The molecule has 1 aromatic rings. The average molecular weight is 263 g/mol. The Balaban J connectivity index is 3.05. The van der Waals surface area contributed by atoms with Gasteiger partial charge in [0.25, 0.3) is 0 Å². The van der Waals surface area contributed by atoms with Gasteiger partial charge in [0.15, 0.2) is 0 Å². The molecule has 1 N–H and O–H groups in total. The van der Waals surface area contributed by atoms with E-state index in [9.17, 15) is 5.11 Å². The highest BCUT2D eigenvalue weighted by atomic mass is 16.3. The van der Waals surface area contributed by atoms with Crippen molar-refractivity contribution >= 4 is 0 Å². The maximum Gasteiger partial charge on any atom is 0.0477 e. The lowest BCUT2D eigenvalue weighted by molar-refractivity contribution is 0.130. The molecule has 0 radical (unpaired) electrons. The van der Waals surface area contributed by atoms with E-state index < -0.39 is 0 Å². The van der Waals surface area contributed by atoms with Gasteiger partial charge in [-0.3, -0.25) is 0 Å². The van der Waals surface area contributed by atoms with Crippen molar-refractivity contribution in [1.82, 2.24) is 4.90 Å². The van der Waals surface area contributed by atoms with E-state index in [0.717, 1.165) is 6.42 Å². The second-order valence-electron chi connectivity index (χ2n) is 6.63. The van der Waals surface area contributed by atoms with Crippen LogP contribution in [0.25, 0.3) is 0 Å². The van der Waals surface area contributed by atoms with Gasteiger partial charge >= 0.3 is 0 Å². The van der Waals surface area contributed by atoms with E-state index >= 15 is 0 Å². The van der Waals surface area contributed by atoms with Crippen LogP contribution >= 0.6 is 0 Å². The van der Waals surface area contributed by atoms with Crippen molar-refractivity contribution in [2.75, 3.05) is 20.7 Å². The van der Waals surface area contributed by atoms with Gasteiger partial charge < -0.3 is 10.0 Å². The number of aliphatic hydroxyl groups is 1. The first-order valence-corrected chi connectivity index (χ1v) is 7.19. The number of aliphatic hydroxyl groups excluding tert-OH is 1. The summed E-state index contributed by atoms with van der Waals surface area (Å²) in [5, 5.41) is 9.56. The van der Waals surface area contributed by atoms with Gasteiger partial charge in [-0.05, 0) is 37.1 Å². The number of benzene rings is 1. The Morgan fingerprint density at radius 2 is 1.63 bits per heavy atom. The summed E-state index contributed by atoms with van der Waals surface area (Å²) in [6, 6.07) is 9.14. The van der Waals surface area contributed by atoms with Crippen molar-refractivity contribution < 1.29 is 5.11 Å². The Hall–Kier alpha value is -0.860. The molecule has 108 valence electrons. The van der Waals surface area contributed by atoms with Crippen LogP contribution in [0.3, 0.4) is 0 Å². The molecule has 2 nitrogen and oxygen atoms in total. The molecule has 0 heterocycles. The highest BCUT2D eigenvalue weighted by Gasteiger charge is 2.23. The Morgan fingerprint density at radius 3 is 1.95 bits per heavy atom. The zero-order valence-electron chi connectivity index (χ0n) is 13.3. The summed E-state index contributed by atoms with van der Waals surface area (Å²) in [7, 11) is 4.17. The first-order valence-electron chi connectivity index (χ1n) is 7.19. The Kier molecular flexibility index (Phi) is 5.57. The monoisotopic (exact) mass is 263 g/mol. The molecule has 19 heavy (non-hydrogen) atoms. The molecule has 0 spiro atoms. The van der Waals surface area contributed by atoms with Crippen LogP contribution in [-0.4, -0.2) is 30.7 Å². The maximum absolute atomic E-state index is 9.56. The fourth-order valence-corrected chi connectivity index (χ4v) is 2.62. The topological polar surface area (TPSA) is 23.5 Å². The predicted octanol–water partition coefficient (Wildman–Crippen LogP) is 3.61. The van der Waals surface area contributed by atoms with E-state index in [0.29, 0.717) is 0 Å². The van der Waals surface area contributed by atoms with Crippen LogP contribution in [-0.2, 0) is 5.41 Å². The molecule has 0 aliphatic heterocycles. The molecule has 0 aliphatic rings. The Labute approximate surface area is 118 Å². The lowest BCUT2D eigenvalue weighted by Gasteiger charge is -2.31. The van der Waals surface area contributed by atoms with Gasteiger partial charge in [-0.1, -0.05) is 52.0 Å². The molecule has 2 atom stereocenters. The van der Waals surface area contributed by atoms with Gasteiger partial charge in [0.2, 0.25) is 0 Å². The second-order valence-corrected chi connectivity index (χ2v) is 6.63. The van der Waals surface area contributed by atoms with E-state index in [-0.39, 0.29) is 24.0 Å². The first kappa shape index (κ1) is 16.2. The predicted molar refractivity (Wildman–Crippen MR) is 82.4 cm³/mol. The molecular weight excluding hydrogens is 234 g/mol. The molecule has 0 saturated carbocycles. The summed E-state index contributed by atoms with van der Waals surface area (Å²) in [6.45, 7) is 9.07. The molecule has 1 rings (SSSR count). The summed E-state index contributed by atoms with van der Waals surface area (Å²) < 4.78 is 0. The van der Waals surface area contributed by atoms with Crippen LogP contribution in [0.5, 0.6) is 0 Å². The largest absolute Gasteiger partial charge is 0.396 e. The molecule has 0 bridgehead atoms. The van der Waals surface area contributed by atoms with Gasteiger partial charge in [-0.15, -0.1) is 0 Å². The van der Waals surface area contributed by atoms with Gasteiger partial charge in [0, 0.05) is 18.6 Å². The minimum absolute atomic E-state index is 0.188. The van der Waals surface area contributed by atoms with Crippen molar-refractivity contribution in [3.05, 3.63) is 35.4 Å². The van der Waals surface area contributed by atoms with Crippen LogP contribution in [0.4, 0.5) is 0 Å². The average Bonchev–Trinajstić information content (AvgIpc) is 2.34. The van der Waals surface area contributed by atoms with Crippen LogP contribution in [0.2, 0.25) is 0 Å². The van der Waals surface area contributed by atoms with E-state index in [1.165, 1.54) is 11.1 Å². The molecule has 2 unspecified atom stereocenters. The molecule has 0 aliphatic carbocycles. The first-order chi connectivity index (χ1) is 8.81. The zero-order chi connectivity index (χ0) is 14.6. The van der Waals surface area contributed by atoms with Crippen LogP contribution < -0.4 is 0 Å². The summed E-state index contributed by atoms with van der Waals surface area (Å²) in [5.41, 5.74) is 2.83. The van der Waals surface area contributed by atoms with Crippen molar-refractivity contribution in [2.24, 2.45) is 5.92 Å². The molecule has 0 fully saturated rings. The fraction of sp³-hybridized carbons (Fsp3) is 0.647. The maximum atomic E-state index is 9.56. The molecule has 0 aromatic heterocycles. The van der Waals surface area contributed by atoms with E-state index in [1.54, 1.807) is 0 Å². The fourth-order valence-electron chi connectivity index (χ4n) is 2.62. The smallest absolute Gasteiger partial charge is 0.0477 e. The van der Waals surface area contributed by atoms with Gasteiger partial charge in [-0.25, -0.2) is 0 Å². The molecular formula is C17H29NO. The number of hydrogen-bond acceptors (Lipinski definition) is 2. The highest BCUT2D eigenvalue weighted by Crippen LogP contribution is 2.31. The van der Waals surface area contributed by atoms with Gasteiger partial charge in [0.05, 0.1) is 0 Å². The van der Waals surface area contributed by atoms with Crippen molar-refractivity contribution in [3.8, 4) is 0 Å². The SMILES string of the molecule is CCC(CO)C(c1ccc(C(C)(C)C)cc1)N(C)C. The summed E-state index contributed by atoms with van der Waals surface area (Å²) in [6.07, 6.45) is 0.986. The lowest BCUT2D eigenvalue weighted by atomic mass is 9.84. The number of nitrogens with zero attached hydrogens (tertiary/aromatic N) is 1. The van der Waals surface area contributed by atoms with Gasteiger partial charge in [-0.2, -0.15) is 0 Å². The third-order valence-electron chi connectivity index (χ3n) is 3.88. The Morgan fingerprint density at radius 1 is 1.11 bits per heavy atom.